The Morgan fingerprint density at radius 1 is 1.28 bits per heavy atom. The smallest absolute Gasteiger partial charge is 0.431 e. The summed E-state index contributed by atoms with van der Waals surface area (Å²) in [4.78, 5) is 19.7. The van der Waals surface area contributed by atoms with Gasteiger partial charge in [0.15, 0.2) is 0 Å². The van der Waals surface area contributed by atoms with Gasteiger partial charge in [-0.1, -0.05) is 0 Å². The first-order valence-electron chi connectivity index (χ1n) is 7.65. The van der Waals surface area contributed by atoms with E-state index in [0.29, 0.717) is 23.9 Å². The fourth-order valence-electron chi connectivity index (χ4n) is 3.06. The quantitative estimate of drug-likeness (QED) is 0.708. The van der Waals surface area contributed by atoms with Crippen molar-refractivity contribution in [3.05, 3.63) is 48.8 Å². The maximum Gasteiger partial charge on any atom is 0.431 e. The highest BCUT2D eigenvalue weighted by Crippen LogP contribution is 2.42. The van der Waals surface area contributed by atoms with E-state index in [4.69, 9.17) is 4.74 Å². The Bertz CT molecular complexity index is 911. The summed E-state index contributed by atoms with van der Waals surface area (Å²) in [6.45, 7) is 0. The molecule has 3 aromatic rings. The number of hydrogen-bond donors (Lipinski definition) is 0. The summed E-state index contributed by atoms with van der Waals surface area (Å²) < 4.78 is 47.7. The Kier molecular flexibility index (Phi) is 3.52. The molecule has 1 saturated carbocycles. The van der Waals surface area contributed by atoms with Crippen LogP contribution in [0.2, 0.25) is 0 Å². The van der Waals surface area contributed by atoms with Crippen molar-refractivity contribution in [3.63, 3.8) is 0 Å². The average molecular weight is 350 g/mol. The van der Waals surface area contributed by atoms with Gasteiger partial charge in [-0.05, 0) is 18.2 Å². The molecule has 3 heterocycles. The summed E-state index contributed by atoms with van der Waals surface area (Å²) in [7, 11) is 0. The van der Waals surface area contributed by atoms with Gasteiger partial charge in [0.05, 0.1) is 0 Å². The molecule has 0 unspecified atom stereocenters. The molecule has 130 valence electrons. The van der Waals surface area contributed by atoms with Crippen LogP contribution in [0.5, 0.6) is 0 Å². The molecule has 6 nitrogen and oxygen atoms in total. The van der Waals surface area contributed by atoms with Crippen molar-refractivity contribution in [1.82, 2.24) is 19.1 Å². The van der Waals surface area contributed by atoms with Crippen LogP contribution in [0.15, 0.2) is 43.1 Å². The van der Waals surface area contributed by atoms with Gasteiger partial charge in [-0.15, -0.1) is 0 Å². The highest BCUT2D eigenvalue weighted by molar-refractivity contribution is 5.77. The summed E-state index contributed by atoms with van der Waals surface area (Å²) >= 11 is 0. The molecule has 1 fully saturated rings. The van der Waals surface area contributed by atoms with Crippen molar-refractivity contribution in [2.24, 2.45) is 0 Å². The third-order valence-corrected chi connectivity index (χ3v) is 4.31. The predicted molar refractivity (Wildman–Crippen MR) is 80.9 cm³/mol. The Balaban J connectivity index is 1.55. The second-order valence-electron chi connectivity index (χ2n) is 5.91. The first-order chi connectivity index (χ1) is 11.9. The number of nitrogens with zero attached hydrogens (tertiary/aromatic N) is 4. The first kappa shape index (κ1) is 15.7. The molecule has 1 aliphatic rings. The van der Waals surface area contributed by atoms with Crippen LogP contribution in [0.3, 0.4) is 0 Å². The minimum Gasteiger partial charge on any atom is -0.445 e. The maximum absolute atomic E-state index is 13.4. The highest BCUT2D eigenvalue weighted by Gasteiger charge is 2.42. The Labute approximate surface area is 139 Å². The fraction of sp³-hybridized carbons (Fsp3) is 0.312. The van der Waals surface area contributed by atoms with E-state index in [1.54, 1.807) is 12.1 Å². The van der Waals surface area contributed by atoms with Gasteiger partial charge in [0.2, 0.25) is 0 Å². The van der Waals surface area contributed by atoms with Gasteiger partial charge in [0.1, 0.15) is 23.8 Å². The van der Waals surface area contributed by atoms with Crippen molar-refractivity contribution in [1.29, 1.82) is 0 Å². The van der Waals surface area contributed by atoms with Crippen LogP contribution in [0.4, 0.5) is 18.0 Å². The van der Waals surface area contributed by atoms with Gasteiger partial charge in [-0.2, -0.15) is 13.2 Å². The molecule has 0 bridgehead atoms. The van der Waals surface area contributed by atoms with Crippen molar-refractivity contribution in [2.75, 3.05) is 0 Å². The van der Waals surface area contributed by atoms with Crippen LogP contribution in [-0.4, -0.2) is 31.3 Å². The minimum atomic E-state index is -4.47. The molecule has 0 aliphatic heterocycles. The number of hydrogen-bond acceptors (Lipinski definition) is 4. The molecular formula is C16H13F3N4O2. The number of halogens is 3. The zero-order chi connectivity index (χ0) is 17.6. The molecular weight excluding hydrogens is 337 g/mol. The van der Waals surface area contributed by atoms with E-state index in [9.17, 15) is 18.0 Å². The molecule has 3 aromatic heterocycles. The third kappa shape index (κ3) is 2.75. The molecule has 9 heteroatoms. The second-order valence-corrected chi connectivity index (χ2v) is 5.91. The summed E-state index contributed by atoms with van der Waals surface area (Å²) in [5, 5.41) is 0.439. The largest absolute Gasteiger partial charge is 0.445 e. The zero-order valence-corrected chi connectivity index (χ0v) is 12.8. The number of pyridine rings is 1. The van der Waals surface area contributed by atoms with E-state index in [1.165, 1.54) is 34.1 Å². The standard InChI is InChI=1S/C16H13F3N4O2/c17-16(18,19)13-6-10-2-1-3-21-14(10)23(13)11-7-12(8-11)25-15(24)22-5-4-20-9-22/h1-6,9,11-12H,7-8H2. The number of aromatic nitrogens is 4. The number of carbonyl (C=O) groups excluding carboxylic acids is 1. The van der Waals surface area contributed by atoms with E-state index in [1.807, 2.05) is 0 Å². The molecule has 0 amide bonds. The van der Waals surface area contributed by atoms with Crippen LogP contribution in [-0.2, 0) is 10.9 Å². The monoisotopic (exact) mass is 350 g/mol. The maximum atomic E-state index is 13.4. The Morgan fingerprint density at radius 2 is 2.08 bits per heavy atom. The predicted octanol–water partition coefficient (Wildman–Crippen LogP) is 3.64. The molecule has 0 N–H and O–H groups in total. The molecule has 0 radical (unpaired) electrons. The number of alkyl halides is 3. The Hall–Kier alpha value is -2.84. The van der Waals surface area contributed by atoms with Gasteiger partial charge in [0, 0.05) is 42.9 Å². The van der Waals surface area contributed by atoms with E-state index in [2.05, 4.69) is 9.97 Å². The summed E-state index contributed by atoms with van der Waals surface area (Å²) in [5.41, 5.74) is -0.440. The Morgan fingerprint density at radius 3 is 2.76 bits per heavy atom. The van der Waals surface area contributed by atoms with E-state index in [0.717, 1.165) is 6.07 Å². The SMILES string of the molecule is O=C(OC1CC(n2c(C(F)(F)F)cc3cccnc32)C1)n1ccnc1. The molecule has 0 aromatic carbocycles. The second kappa shape index (κ2) is 5.61. The number of rotatable bonds is 2. The minimum absolute atomic E-state index is 0.291. The van der Waals surface area contributed by atoms with Gasteiger partial charge in [-0.25, -0.2) is 19.3 Å². The van der Waals surface area contributed by atoms with Crippen LogP contribution in [0.1, 0.15) is 24.6 Å². The lowest BCUT2D eigenvalue weighted by Gasteiger charge is -2.36. The zero-order valence-electron chi connectivity index (χ0n) is 12.8. The van der Waals surface area contributed by atoms with E-state index >= 15 is 0 Å². The van der Waals surface area contributed by atoms with Gasteiger partial charge in [0.25, 0.3) is 0 Å². The summed E-state index contributed by atoms with van der Waals surface area (Å²) in [6, 6.07) is 3.89. The number of ether oxygens (including phenoxy) is 1. The number of imidazole rings is 1. The molecule has 0 spiro atoms. The molecule has 25 heavy (non-hydrogen) atoms. The molecule has 4 rings (SSSR count). The lowest BCUT2D eigenvalue weighted by Crippen LogP contribution is -2.37. The van der Waals surface area contributed by atoms with Crippen molar-refractivity contribution in [2.45, 2.75) is 31.2 Å². The topological polar surface area (TPSA) is 61.9 Å². The van der Waals surface area contributed by atoms with Crippen LogP contribution in [0, 0.1) is 0 Å². The van der Waals surface area contributed by atoms with E-state index in [-0.39, 0.29) is 0 Å². The average Bonchev–Trinajstić information content (AvgIpc) is 3.17. The van der Waals surface area contributed by atoms with E-state index < -0.39 is 30.1 Å². The van der Waals surface area contributed by atoms with Gasteiger partial charge >= 0.3 is 12.3 Å². The van der Waals surface area contributed by atoms with Crippen molar-refractivity contribution in [3.8, 4) is 0 Å². The highest BCUT2D eigenvalue weighted by atomic mass is 19.4. The normalized spacial score (nSPS) is 20.4. The molecule has 1 aliphatic carbocycles. The molecule has 0 saturated heterocycles. The van der Waals surface area contributed by atoms with Gasteiger partial charge < -0.3 is 9.30 Å². The van der Waals surface area contributed by atoms with Crippen LogP contribution >= 0.6 is 0 Å². The van der Waals surface area contributed by atoms with Crippen LogP contribution < -0.4 is 0 Å². The lowest BCUT2D eigenvalue weighted by molar-refractivity contribution is -0.145. The summed E-state index contributed by atoms with van der Waals surface area (Å²) in [6.07, 6.45) is 0.793. The summed E-state index contributed by atoms with van der Waals surface area (Å²) in [5.74, 6) is 0. The van der Waals surface area contributed by atoms with Crippen molar-refractivity contribution < 1.29 is 22.7 Å². The number of fused-ring (bicyclic) bond motifs is 1. The number of carbonyl (C=O) groups is 1. The van der Waals surface area contributed by atoms with Crippen molar-refractivity contribution >= 4 is 17.1 Å². The van der Waals surface area contributed by atoms with Gasteiger partial charge in [-0.3, -0.25) is 0 Å². The lowest BCUT2D eigenvalue weighted by atomic mass is 9.88. The third-order valence-electron chi connectivity index (χ3n) is 4.31. The first-order valence-corrected chi connectivity index (χ1v) is 7.65. The van der Waals surface area contributed by atoms with Crippen LogP contribution in [0.25, 0.3) is 11.0 Å². The molecule has 0 atom stereocenters. The fourth-order valence-corrected chi connectivity index (χ4v) is 3.06.